The molecule has 26 heavy (non-hydrogen) atoms. The summed E-state index contributed by atoms with van der Waals surface area (Å²) in [5.74, 6) is 0. The van der Waals surface area contributed by atoms with Crippen LogP contribution in [0.15, 0.2) is 24.7 Å². The molecule has 3 rings (SSSR count). The summed E-state index contributed by atoms with van der Waals surface area (Å²) in [4.78, 5) is 0. The van der Waals surface area contributed by atoms with Crippen LogP contribution >= 0.6 is 12.2 Å². The second-order valence-electron chi connectivity index (χ2n) is 6.21. The number of aryl methyl sites for hydroxylation is 3. The second kappa shape index (κ2) is 7.69. The molecular weight excluding hydrogens is 348 g/mol. The van der Waals surface area contributed by atoms with Crippen LogP contribution < -0.4 is 10.6 Å². The minimum absolute atomic E-state index is 0.554. The molecule has 0 fully saturated rings. The topological polar surface area (TPSA) is 77.5 Å². The van der Waals surface area contributed by atoms with E-state index in [2.05, 4.69) is 39.8 Å². The van der Waals surface area contributed by atoms with Gasteiger partial charge in [0.2, 0.25) is 0 Å². The maximum Gasteiger partial charge on any atom is 0.171 e. The van der Waals surface area contributed by atoms with E-state index in [9.17, 15) is 0 Å². The van der Waals surface area contributed by atoms with Crippen LogP contribution in [0.4, 0.5) is 5.69 Å². The molecule has 2 N–H and O–H groups in total. The molecule has 0 saturated carbocycles. The third-order valence-corrected chi connectivity index (χ3v) is 4.50. The van der Waals surface area contributed by atoms with E-state index in [1.165, 1.54) is 5.69 Å². The Hall–Kier alpha value is -2.68. The van der Waals surface area contributed by atoms with Crippen LogP contribution in [0.5, 0.6) is 0 Å². The van der Waals surface area contributed by atoms with Gasteiger partial charge in [0.15, 0.2) is 5.11 Å². The van der Waals surface area contributed by atoms with Crippen molar-refractivity contribution in [2.24, 2.45) is 7.05 Å². The SMILES string of the molecule is CCn1ncc(Cn2cc(NC(=S)NCc3cc(C)nn3C)cn2)c1C. The molecule has 0 saturated heterocycles. The molecule has 0 atom stereocenters. The Morgan fingerprint density at radius 3 is 2.69 bits per heavy atom. The fourth-order valence-electron chi connectivity index (χ4n) is 2.82. The average Bonchev–Trinajstić information content (AvgIpc) is 3.27. The maximum atomic E-state index is 5.36. The van der Waals surface area contributed by atoms with Crippen LogP contribution in [0.1, 0.15) is 29.6 Å². The smallest absolute Gasteiger partial charge is 0.171 e. The van der Waals surface area contributed by atoms with Gasteiger partial charge in [0, 0.05) is 31.0 Å². The summed E-state index contributed by atoms with van der Waals surface area (Å²) in [7, 11) is 1.92. The van der Waals surface area contributed by atoms with E-state index in [-0.39, 0.29) is 0 Å². The second-order valence-corrected chi connectivity index (χ2v) is 6.61. The first-order chi connectivity index (χ1) is 12.5. The predicted molar refractivity (Wildman–Crippen MR) is 105 cm³/mol. The van der Waals surface area contributed by atoms with Gasteiger partial charge in [-0.05, 0) is 39.1 Å². The summed E-state index contributed by atoms with van der Waals surface area (Å²) < 4.78 is 5.71. The van der Waals surface area contributed by atoms with Crippen molar-refractivity contribution in [1.29, 1.82) is 0 Å². The number of hydrogen-bond donors (Lipinski definition) is 2. The minimum atomic E-state index is 0.554. The Balaban J connectivity index is 1.55. The zero-order valence-electron chi connectivity index (χ0n) is 15.5. The fourth-order valence-corrected chi connectivity index (χ4v) is 3.01. The summed E-state index contributed by atoms with van der Waals surface area (Å²) in [6.45, 7) is 8.30. The first kappa shape index (κ1) is 18.1. The van der Waals surface area contributed by atoms with Gasteiger partial charge >= 0.3 is 0 Å². The molecule has 0 aliphatic carbocycles. The first-order valence-electron chi connectivity index (χ1n) is 8.54. The number of thiocarbonyl (C=S) groups is 1. The van der Waals surface area contributed by atoms with Gasteiger partial charge in [0.25, 0.3) is 0 Å². The maximum absolute atomic E-state index is 5.36. The lowest BCUT2D eigenvalue weighted by atomic mass is 10.2. The van der Waals surface area contributed by atoms with Crippen LogP contribution in [0.3, 0.4) is 0 Å². The molecule has 0 spiro atoms. The lowest BCUT2D eigenvalue weighted by Crippen LogP contribution is -2.28. The normalized spacial score (nSPS) is 10.9. The highest BCUT2D eigenvalue weighted by Crippen LogP contribution is 2.11. The number of nitrogens with one attached hydrogen (secondary N) is 2. The van der Waals surface area contributed by atoms with Crippen molar-refractivity contribution in [2.75, 3.05) is 5.32 Å². The molecule has 0 unspecified atom stereocenters. The molecule has 0 amide bonds. The molecule has 3 heterocycles. The molecule has 9 heteroatoms. The van der Waals surface area contributed by atoms with E-state index in [4.69, 9.17) is 12.2 Å². The Kier molecular flexibility index (Phi) is 5.36. The quantitative estimate of drug-likeness (QED) is 0.645. The van der Waals surface area contributed by atoms with Gasteiger partial charge in [-0.25, -0.2) is 0 Å². The Morgan fingerprint density at radius 2 is 2.04 bits per heavy atom. The zero-order valence-corrected chi connectivity index (χ0v) is 16.3. The highest BCUT2D eigenvalue weighted by Gasteiger charge is 2.08. The minimum Gasteiger partial charge on any atom is -0.357 e. The van der Waals surface area contributed by atoms with Gasteiger partial charge in [-0.1, -0.05) is 0 Å². The van der Waals surface area contributed by atoms with Gasteiger partial charge in [-0.2, -0.15) is 15.3 Å². The van der Waals surface area contributed by atoms with Gasteiger partial charge in [0.05, 0.1) is 42.6 Å². The molecule has 3 aromatic rings. The Labute approximate surface area is 158 Å². The van der Waals surface area contributed by atoms with Gasteiger partial charge in [-0.15, -0.1) is 0 Å². The average molecular weight is 373 g/mol. The molecule has 0 bridgehead atoms. The van der Waals surface area contributed by atoms with Gasteiger partial charge < -0.3 is 10.6 Å². The van der Waals surface area contributed by atoms with E-state index in [1.807, 2.05) is 46.5 Å². The van der Waals surface area contributed by atoms with Crippen molar-refractivity contribution in [3.05, 3.63) is 47.3 Å². The lowest BCUT2D eigenvalue weighted by Gasteiger charge is -2.09. The molecule has 0 aromatic carbocycles. The van der Waals surface area contributed by atoms with E-state index in [0.717, 1.165) is 29.2 Å². The van der Waals surface area contributed by atoms with Crippen LogP contribution in [0.25, 0.3) is 0 Å². The van der Waals surface area contributed by atoms with E-state index in [0.29, 0.717) is 18.2 Å². The summed E-state index contributed by atoms with van der Waals surface area (Å²) >= 11 is 5.36. The van der Waals surface area contributed by atoms with Crippen molar-refractivity contribution in [3.8, 4) is 0 Å². The number of hydrogen-bond acceptors (Lipinski definition) is 4. The van der Waals surface area contributed by atoms with Crippen molar-refractivity contribution >= 4 is 23.0 Å². The van der Waals surface area contributed by atoms with Crippen molar-refractivity contribution in [1.82, 2.24) is 34.7 Å². The molecule has 3 aromatic heterocycles. The molecule has 0 radical (unpaired) electrons. The lowest BCUT2D eigenvalue weighted by molar-refractivity contribution is 0.633. The summed E-state index contributed by atoms with van der Waals surface area (Å²) in [6.07, 6.45) is 5.60. The number of rotatable bonds is 6. The number of nitrogens with zero attached hydrogens (tertiary/aromatic N) is 6. The number of aromatic nitrogens is 6. The third-order valence-electron chi connectivity index (χ3n) is 4.26. The van der Waals surface area contributed by atoms with Crippen molar-refractivity contribution in [3.63, 3.8) is 0 Å². The molecule has 0 aliphatic rings. The molecule has 0 aliphatic heterocycles. The van der Waals surface area contributed by atoms with Crippen molar-refractivity contribution in [2.45, 2.75) is 40.4 Å². The Morgan fingerprint density at radius 1 is 1.23 bits per heavy atom. The zero-order chi connectivity index (χ0) is 18.7. The van der Waals surface area contributed by atoms with Gasteiger partial charge in [0.1, 0.15) is 0 Å². The standard InChI is InChI=1S/C17H24N8S/c1-5-25-13(3)14(7-20-25)10-24-11-15(8-19-24)21-17(26)18-9-16-6-12(2)22-23(16)4/h6-8,11H,5,9-10H2,1-4H3,(H2,18,21,26). The van der Waals surface area contributed by atoms with Crippen LogP contribution in [0.2, 0.25) is 0 Å². The Bertz CT molecular complexity index is 904. The van der Waals surface area contributed by atoms with Crippen LogP contribution in [-0.2, 0) is 26.7 Å². The fraction of sp³-hybridized carbons (Fsp3) is 0.412. The summed E-state index contributed by atoms with van der Waals surface area (Å²) in [5, 5.41) is 20.0. The van der Waals surface area contributed by atoms with E-state index < -0.39 is 0 Å². The predicted octanol–water partition coefficient (Wildman–Crippen LogP) is 1.98. The van der Waals surface area contributed by atoms with Crippen molar-refractivity contribution < 1.29 is 0 Å². The van der Waals surface area contributed by atoms with E-state index >= 15 is 0 Å². The monoisotopic (exact) mass is 372 g/mol. The third kappa shape index (κ3) is 4.10. The highest BCUT2D eigenvalue weighted by molar-refractivity contribution is 7.80. The van der Waals surface area contributed by atoms with E-state index in [1.54, 1.807) is 6.20 Å². The first-order valence-corrected chi connectivity index (χ1v) is 8.95. The summed E-state index contributed by atoms with van der Waals surface area (Å²) in [5.41, 5.74) is 5.25. The number of anilines is 1. The van der Waals surface area contributed by atoms with Gasteiger partial charge in [-0.3, -0.25) is 14.0 Å². The largest absolute Gasteiger partial charge is 0.357 e. The van der Waals surface area contributed by atoms with Crippen LogP contribution in [-0.4, -0.2) is 34.5 Å². The molecular formula is C17H24N8S. The van der Waals surface area contributed by atoms with Crippen LogP contribution in [0, 0.1) is 13.8 Å². The molecule has 138 valence electrons. The highest BCUT2D eigenvalue weighted by atomic mass is 32.1. The summed E-state index contributed by atoms with van der Waals surface area (Å²) in [6, 6.07) is 2.03. The molecule has 8 nitrogen and oxygen atoms in total.